The molecule has 1 saturated heterocycles. The molecule has 0 radical (unpaired) electrons. The van der Waals surface area contributed by atoms with E-state index >= 15 is 0 Å². The molecule has 0 amide bonds. The van der Waals surface area contributed by atoms with E-state index in [-0.39, 0.29) is 118 Å². The number of carbonyl (C=O) groups excluding carboxylic acids is 1. The molecule has 1 rings (SSSR count). The molecule has 1 unspecified atom stereocenters. The number of hydrogen-bond donors (Lipinski definition) is 1. The zero-order valence-electron chi connectivity index (χ0n) is 15.6. The predicted molar refractivity (Wildman–Crippen MR) is 90.7 cm³/mol. The molecule has 0 aromatic carbocycles. The summed E-state index contributed by atoms with van der Waals surface area (Å²) in [5.41, 5.74) is 0. The van der Waals surface area contributed by atoms with Gasteiger partial charge in [0.25, 0.3) is 6.47 Å². The van der Waals surface area contributed by atoms with Crippen LogP contribution in [0.25, 0.3) is 0 Å². The average molecular weight is 453 g/mol. The van der Waals surface area contributed by atoms with Crippen LogP contribution in [0.2, 0.25) is 0 Å². The molecule has 1 fully saturated rings. The molecule has 1 atom stereocenters. The van der Waals surface area contributed by atoms with Crippen molar-refractivity contribution < 1.29 is 134 Å². The van der Waals surface area contributed by atoms with Crippen LogP contribution in [0.4, 0.5) is 0 Å². The second kappa shape index (κ2) is 74.9. The fourth-order valence-corrected chi connectivity index (χ4v) is 0.0962. The van der Waals surface area contributed by atoms with Gasteiger partial charge < -0.3 is 26.2 Å². The van der Waals surface area contributed by atoms with Crippen molar-refractivity contribution in [2.75, 3.05) is 20.8 Å². The van der Waals surface area contributed by atoms with Gasteiger partial charge in [-0.25, -0.2) is 0 Å². The number of carbonyl (C=O) groups is 1. The van der Waals surface area contributed by atoms with Gasteiger partial charge in [-0.15, -0.1) is 6.58 Å². The Hall–Kier alpha value is 2.12. The second-order valence-electron chi connectivity index (χ2n) is 2.30. The fraction of sp³-hybridized carbons (Fsp3) is 0.500. The molecule has 6 nitrogen and oxygen atoms in total. The van der Waals surface area contributed by atoms with Crippen molar-refractivity contribution in [3.63, 3.8) is 0 Å². The van der Waals surface area contributed by atoms with Crippen molar-refractivity contribution in [1.82, 2.24) is 0 Å². The molecule has 0 bridgehead atoms. The number of ether oxygens (including phenoxy) is 2. The third kappa shape index (κ3) is 233. The van der Waals surface area contributed by atoms with Gasteiger partial charge in [0, 0.05) is 7.11 Å². The topological polar surface area (TPSA) is 91.3 Å². The molecule has 23 heavy (non-hydrogen) atoms. The van der Waals surface area contributed by atoms with E-state index in [2.05, 4.69) is 52.2 Å². The minimum atomic E-state index is -0.181. The first-order valence-corrected chi connectivity index (χ1v) is 6.18. The van der Waals surface area contributed by atoms with E-state index in [1.807, 2.05) is 6.92 Å². The van der Waals surface area contributed by atoms with Crippen LogP contribution >= 0.6 is 15.9 Å². The maximum Gasteiger partial charge on any atom is 1.00 e. The van der Waals surface area contributed by atoms with Crippen LogP contribution in [-0.4, -0.2) is 38.5 Å². The third-order valence-corrected chi connectivity index (χ3v) is 0.706. The van der Waals surface area contributed by atoms with Crippen LogP contribution in [0.15, 0.2) is 37.1 Å². The summed E-state index contributed by atoms with van der Waals surface area (Å²) in [6.07, 6.45) is 3.71. The zero-order valence-corrected chi connectivity index (χ0v) is 22.4. The SMILES string of the molecule is C.C=CBr.C=CC.C=COC.CC1CO1.CO.O=CO[O-].[H-].[K+].[K+]. The van der Waals surface area contributed by atoms with E-state index in [0.29, 0.717) is 6.10 Å². The van der Waals surface area contributed by atoms with Gasteiger partial charge in [-0.3, -0.25) is 4.79 Å². The van der Waals surface area contributed by atoms with Crippen LogP contribution in [0.5, 0.6) is 0 Å². The van der Waals surface area contributed by atoms with E-state index in [4.69, 9.17) is 19.9 Å². The first-order chi connectivity index (χ1) is 9.55. The Morgan fingerprint density at radius 1 is 1.35 bits per heavy atom. The van der Waals surface area contributed by atoms with Crippen molar-refractivity contribution in [2.45, 2.75) is 27.4 Å². The van der Waals surface area contributed by atoms with E-state index in [1.165, 1.54) is 6.26 Å². The van der Waals surface area contributed by atoms with E-state index < -0.39 is 0 Å². The smallest absolute Gasteiger partial charge is 1.00 e. The number of hydrogen-bond acceptors (Lipinski definition) is 6. The number of rotatable bonds is 2. The van der Waals surface area contributed by atoms with Crippen LogP contribution in [0.1, 0.15) is 22.7 Å². The van der Waals surface area contributed by atoms with Gasteiger partial charge >= 0.3 is 103 Å². The standard InChI is InChI=1S/2C3H6O.C3H6.C2H3Br.CH2O3.CH4O.CH4.2K.H/c1-3-2-4-3;1-3-4-2;1-3-2;1-2-3;2-1-4-3;1-2;;;;/h3H,2H2,1H3;3H,1H2,2H3;3H,1H2,2H3;2H,1H2;1,3H;2H,1H3;1H4;;;/q;;;;;;;2*+1;-1/p-1. The number of methoxy groups -OCH3 is 1. The summed E-state index contributed by atoms with van der Waals surface area (Å²) in [6.45, 7) is 14.6. The minimum absolute atomic E-state index is 0. The summed E-state index contributed by atoms with van der Waals surface area (Å²) in [5, 5.41) is 15.4. The first kappa shape index (κ1) is 49.9. The second-order valence-corrected chi connectivity index (χ2v) is 2.95. The number of aliphatic hydroxyl groups is 1. The van der Waals surface area contributed by atoms with E-state index in [0.717, 1.165) is 13.7 Å². The third-order valence-electron chi connectivity index (χ3n) is 0.706. The van der Waals surface area contributed by atoms with Gasteiger partial charge in [0.15, 0.2) is 0 Å². The maximum atomic E-state index is 8.64. The molecule has 0 aromatic rings. The molecule has 0 aliphatic carbocycles. The van der Waals surface area contributed by atoms with Gasteiger partial charge in [0.1, 0.15) is 0 Å². The van der Waals surface area contributed by atoms with Gasteiger partial charge in [-0.2, -0.15) is 0 Å². The quantitative estimate of drug-likeness (QED) is 0.0896. The Labute approximate surface area is 237 Å². The Morgan fingerprint density at radius 2 is 1.48 bits per heavy atom. The van der Waals surface area contributed by atoms with E-state index in [1.54, 1.807) is 18.2 Å². The van der Waals surface area contributed by atoms with Crippen molar-refractivity contribution in [2.24, 2.45) is 0 Å². The van der Waals surface area contributed by atoms with E-state index in [9.17, 15) is 0 Å². The maximum absolute atomic E-state index is 8.64. The summed E-state index contributed by atoms with van der Waals surface area (Å²) in [7, 11) is 2.56. The average Bonchev–Trinajstić information content (AvgIpc) is 3.26. The molecule has 1 N–H and O–H groups in total. The van der Waals surface area contributed by atoms with Crippen LogP contribution in [0.3, 0.4) is 0 Å². The van der Waals surface area contributed by atoms with Gasteiger partial charge in [-0.1, -0.05) is 42.6 Å². The van der Waals surface area contributed by atoms with Gasteiger partial charge in [-0.05, 0) is 18.8 Å². The largest absolute Gasteiger partial charge is 1.00 e. The van der Waals surface area contributed by atoms with Crippen LogP contribution in [-0.2, 0) is 19.2 Å². The van der Waals surface area contributed by atoms with Crippen molar-refractivity contribution in [3.8, 4) is 0 Å². The Kier molecular flexibility index (Phi) is 162. The molecule has 0 saturated carbocycles. The summed E-state index contributed by atoms with van der Waals surface area (Å²) in [6, 6.07) is 0. The molecule has 0 aromatic heterocycles. The molecule has 1 aliphatic rings. The van der Waals surface area contributed by atoms with Gasteiger partial charge in [0.05, 0.1) is 26.1 Å². The Bertz CT molecular complexity index is 175. The number of aliphatic hydroxyl groups excluding tert-OH is 1. The number of epoxide rings is 1. The molecule has 1 aliphatic heterocycles. The fourth-order valence-electron chi connectivity index (χ4n) is 0.0962. The van der Waals surface area contributed by atoms with Crippen molar-refractivity contribution >= 4 is 22.4 Å². The summed E-state index contributed by atoms with van der Waals surface area (Å²) >= 11 is 2.91. The van der Waals surface area contributed by atoms with Crippen molar-refractivity contribution in [1.29, 1.82) is 0 Å². The molecule has 132 valence electrons. The van der Waals surface area contributed by atoms with Crippen molar-refractivity contribution in [3.05, 3.63) is 37.1 Å². The summed E-state index contributed by atoms with van der Waals surface area (Å²) < 4.78 is 9.01. The molecule has 9 heteroatoms. The zero-order chi connectivity index (χ0) is 17.2. The monoisotopic (exact) mass is 452 g/mol. The van der Waals surface area contributed by atoms with Crippen LogP contribution < -0.4 is 108 Å². The normalized spacial score (nSPS) is 10.1. The molecule has 1 heterocycles. The Morgan fingerprint density at radius 3 is 1.48 bits per heavy atom. The minimum Gasteiger partial charge on any atom is -1.00 e. The molecular weight excluding hydrogens is 422 g/mol. The Balaban J connectivity index is -0.0000000158. The predicted octanol–water partition coefficient (Wildman–Crippen LogP) is -3.30. The number of allylic oxidation sites excluding steroid dienone is 1. The number of halogens is 1. The van der Waals surface area contributed by atoms with Crippen LogP contribution in [0, 0.1) is 0 Å². The first-order valence-electron chi connectivity index (χ1n) is 5.26. The molecular formula is C14H31BrK2O6. The summed E-state index contributed by atoms with van der Waals surface area (Å²) in [4.78, 5) is 12.8. The van der Waals surface area contributed by atoms with Gasteiger partial charge in [0.2, 0.25) is 0 Å². The summed E-state index contributed by atoms with van der Waals surface area (Å²) in [5.74, 6) is 0. The molecule has 0 spiro atoms.